The molecule has 0 aliphatic rings. The van der Waals surface area contributed by atoms with E-state index in [2.05, 4.69) is 9.97 Å². The summed E-state index contributed by atoms with van der Waals surface area (Å²) in [5, 5.41) is 0. The van der Waals surface area contributed by atoms with E-state index in [9.17, 15) is 0 Å². The van der Waals surface area contributed by atoms with E-state index in [1.807, 2.05) is 24.3 Å². The Balaban J connectivity index is 2.47. The first-order chi connectivity index (χ1) is 8.22. The smallest absolute Gasteiger partial charge is 0.223 e. The Morgan fingerprint density at radius 1 is 1.06 bits per heavy atom. The van der Waals surface area contributed by atoms with Gasteiger partial charge in [-0.25, -0.2) is 4.98 Å². The predicted molar refractivity (Wildman–Crippen MR) is 65.0 cm³/mol. The number of hydrogen-bond donors (Lipinski definition) is 1. The molecule has 1 heterocycles. The van der Waals surface area contributed by atoms with Gasteiger partial charge in [-0.3, -0.25) is 0 Å². The molecule has 0 fully saturated rings. The Bertz CT molecular complexity index is 529. The molecular formula is C12H13N3O2. The maximum atomic E-state index is 5.61. The van der Waals surface area contributed by atoms with Crippen LogP contribution >= 0.6 is 0 Å². The van der Waals surface area contributed by atoms with Gasteiger partial charge in [0.05, 0.1) is 19.9 Å². The lowest BCUT2D eigenvalue weighted by atomic mass is 10.1. The number of nitrogens with two attached hydrogens (primary N) is 1. The number of hydrogen-bond acceptors (Lipinski definition) is 5. The fourth-order valence-corrected chi connectivity index (χ4v) is 1.48. The summed E-state index contributed by atoms with van der Waals surface area (Å²) in [7, 11) is 3.16. The molecule has 0 aliphatic carbocycles. The van der Waals surface area contributed by atoms with Gasteiger partial charge in [0, 0.05) is 11.6 Å². The van der Waals surface area contributed by atoms with Crippen LogP contribution in [0.5, 0.6) is 11.6 Å². The highest BCUT2D eigenvalue weighted by Gasteiger charge is 2.05. The molecule has 1 aromatic heterocycles. The van der Waals surface area contributed by atoms with Gasteiger partial charge in [-0.1, -0.05) is 12.1 Å². The van der Waals surface area contributed by atoms with E-state index >= 15 is 0 Å². The highest BCUT2D eigenvalue weighted by atomic mass is 16.5. The van der Waals surface area contributed by atoms with Crippen LogP contribution in [0.3, 0.4) is 0 Å². The van der Waals surface area contributed by atoms with E-state index in [-0.39, 0.29) is 5.95 Å². The van der Waals surface area contributed by atoms with Crippen molar-refractivity contribution < 1.29 is 9.47 Å². The molecule has 2 aromatic rings. The van der Waals surface area contributed by atoms with E-state index in [1.165, 1.54) is 7.11 Å². The number of ether oxygens (including phenoxy) is 2. The molecule has 0 radical (unpaired) electrons. The van der Waals surface area contributed by atoms with Crippen molar-refractivity contribution in [1.29, 1.82) is 0 Å². The van der Waals surface area contributed by atoms with Crippen LogP contribution in [0.4, 0.5) is 5.95 Å². The molecule has 0 saturated carbocycles. The third-order valence-corrected chi connectivity index (χ3v) is 2.29. The molecular weight excluding hydrogens is 218 g/mol. The molecule has 5 heteroatoms. The van der Waals surface area contributed by atoms with Crippen molar-refractivity contribution in [2.75, 3.05) is 20.0 Å². The van der Waals surface area contributed by atoms with Crippen molar-refractivity contribution in [3.8, 4) is 22.9 Å². The molecule has 5 nitrogen and oxygen atoms in total. The van der Waals surface area contributed by atoms with Gasteiger partial charge in [0.15, 0.2) is 0 Å². The maximum Gasteiger partial charge on any atom is 0.223 e. The van der Waals surface area contributed by atoms with Crippen molar-refractivity contribution in [1.82, 2.24) is 9.97 Å². The van der Waals surface area contributed by atoms with Crippen molar-refractivity contribution in [2.24, 2.45) is 0 Å². The predicted octanol–water partition coefficient (Wildman–Crippen LogP) is 1.74. The second-order valence-electron chi connectivity index (χ2n) is 3.39. The molecule has 0 aliphatic heterocycles. The largest absolute Gasteiger partial charge is 0.497 e. The van der Waals surface area contributed by atoms with E-state index in [1.54, 1.807) is 13.2 Å². The lowest BCUT2D eigenvalue weighted by Crippen LogP contribution is -1.99. The zero-order valence-electron chi connectivity index (χ0n) is 9.68. The monoisotopic (exact) mass is 231 g/mol. The Morgan fingerprint density at radius 2 is 1.88 bits per heavy atom. The third kappa shape index (κ3) is 2.44. The summed E-state index contributed by atoms with van der Waals surface area (Å²) < 4.78 is 10.2. The fourth-order valence-electron chi connectivity index (χ4n) is 1.48. The number of aromatic nitrogens is 2. The van der Waals surface area contributed by atoms with E-state index in [4.69, 9.17) is 15.2 Å². The fraction of sp³-hybridized carbons (Fsp3) is 0.167. The van der Waals surface area contributed by atoms with Gasteiger partial charge >= 0.3 is 0 Å². The molecule has 0 bridgehead atoms. The van der Waals surface area contributed by atoms with Crippen LogP contribution in [0.15, 0.2) is 30.3 Å². The first kappa shape index (κ1) is 11.2. The molecule has 88 valence electrons. The summed E-state index contributed by atoms with van der Waals surface area (Å²) >= 11 is 0. The summed E-state index contributed by atoms with van der Waals surface area (Å²) in [5.41, 5.74) is 7.21. The first-order valence-electron chi connectivity index (χ1n) is 5.06. The van der Waals surface area contributed by atoms with Gasteiger partial charge in [0.1, 0.15) is 5.75 Å². The number of anilines is 1. The van der Waals surface area contributed by atoms with Crippen LogP contribution in [-0.2, 0) is 0 Å². The number of methoxy groups -OCH3 is 2. The van der Waals surface area contributed by atoms with Gasteiger partial charge in [-0.15, -0.1) is 0 Å². The van der Waals surface area contributed by atoms with E-state index in [0.717, 1.165) is 11.3 Å². The minimum Gasteiger partial charge on any atom is -0.497 e. The van der Waals surface area contributed by atoms with Crippen LogP contribution in [0.2, 0.25) is 0 Å². The van der Waals surface area contributed by atoms with E-state index < -0.39 is 0 Å². The first-order valence-corrected chi connectivity index (χ1v) is 5.06. The highest BCUT2D eigenvalue weighted by molar-refractivity contribution is 5.63. The lowest BCUT2D eigenvalue weighted by Gasteiger charge is -2.06. The number of nitrogens with zero attached hydrogens (tertiary/aromatic N) is 2. The minimum atomic E-state index is 0.183. The molecule has 0 unspecified atom stereocenters. The van der Waals surface area contributed by atoms with Gasteiger partial charge in [-0.05, 0) is 12.1 Å². The van der Waals surface area contributed by atoms with Crippen LogP contribution in [0.25, 0.3) is 11.3 Å². The molecule has 0 spiro atoms. The molecule has 0 amide bonds. The van der Waals surface area contributed by atoms with Gasteiger partial charge in [0.25, 0.3) is 0 Å². The zero-order valence-corrected chi connectivity index (χ0v) is 9.68. The Kier molecular flexibility index (Phi) is 3.09. The van der Waals surface area contributed by atoms with Crippen molar-refractivity contribution in [3.05, 3.63) is 30.3 Å². The molecule has 0 atom stereocenters. The normalized spacial score (nSPS) is 10.0. The maximum absolute atomic E-state index is 5.61. The Labute approximate surface area is 99.2 Å². The third-order valence-electron chi connectivity index (χ3n) is 2.29. The summed E-state index contributed by atoms with van der Waals surface area (Å²) in [6.07, 6.45) is 0. The molecule has 1 aromatic carbocycles. The van der Waals surface area contributed by atoms with Crippen LogP contribution in [0, 0.1) is 0 Å². The lowest BCUT2D eigenvalue weighted by molar-refractivity contribution is 0.398. The Hall–Kier alpha value is -2.30. The zero-order chi connectivity index (χ0) is 12.3. The summed E-state index contributed by atoms with van der Waals surface area (Å²) in [5.74, 6) is 1.39. The summed E-state index contributed by atoms with van der Waals surface area (Å²) in [6, 6.07) is 9.28. The standard InChI is InChI=1S/C12H13N3O2/c1-16-9-5-3-4-8(6-9)10-7-11(17-2)15-12(13)14-10/h3-7H,1-2H3,(H2,13,14,15). The SMILES string of the molecule is COc1cccc(-c2cc(OC)nc(N)n2)c1. The average Bonchev–Trinajstić information content (AvgIpc) is 2.38. The molecule has 0 saturated heterocycles. The van der Waals surface area contributed by atoms with Gasteiger partial charge < -0.3 is 15.2 Å². The molecule has 17 heavy (non-hydrogen) atoms. The number of nitrogen functional groups attached to an aromatic ring is 1. The minimum absolute atomic E-state index is 0.183. The van der Waals surface area contributed by atoms with Crippen LogP contribution in [0.1, 0.15) is 0 Å². The van der Waals surface area contributed by atoms with Crippen molar-refractivity contribution in [3.63, 3.8) is 0 Å². The second kappa shape index (κ2) is 4.69. The average molecular weight is 231 g/mol. The van der Waals surface area contributed by atoms with Crippen LogP contribution < -0.4 is 15.2 Å². The summed E-state index contributed by atoms with van der Waals surface area (Å²) in [4.78, 5) is 8.09. The van der Waals surface area contributed by atoms with Gasteiger partial charge in [0.2, 0.25) is 11.8 Å². The van der Waals surface area contributed by atoms with Crippen molar-refractivity contribution in [2.45, 2.75) is 0 Å². The topological polar surface area (TPSA) is 70.3 Å². The van der Waals surface area contributed by atoms with Crippen LogP contribution in [-0.4, -0.2) is 24.2 Å². The van der Waals surface area contributed by atoms with Gasteiger partial charge in [-0.2, -0.15) is 4.98 Å². The van der Waals surface area contributed by atoms with E-state index in [0.29, 0.717) is 11.6 Å². The highest BCUT2D eigenvalue weighted by Crippen LogP contribution is 2.24. The Morgan fingerprint density at radius 3 is 2.59 bits per heavy atom. The second-order valence-corrected chi connectivity index (χ2v) is 3.39. The number of rotatable bonds is 3. The number of benzene rings is 1. The summed E-state index contributed by atoms with van der Waals surface area (Å²) in [6.45, 7) is 0. The quantitative estimate of drug-likeness (QED) is 0.871. The molecule has 2 rings (SSSR count). The molecule has 2 N–H and O–H groups in total. The van der Waals surface area contributed by atoms with Crippen molar-refractivity contribution >= 4 is 5.95 Å².